The van der Waals surface area contributed by atoms with Gasteiger partial charge in [0.2, 0.25) is 0 Å². The number of aromatic nitrogens is 3. The first-order valence-corrected chi connectivity index (χ1v) is 6.76. The number of hydrogen-bond acceptors (Lipinski definition) is 4. The molecular weight excluding hydrogens is 292 g/mol. The number of aryl methyl sites for hydroxylation is 2. The van der Waals surface area contributed by atoms with Crippen LogP contribution in [0.1, 0.15) is 11.1 Å². The van der Waals surface area contributed by atoms with E-state index in [0.717, 1.165) is 23.1 Å². The Kier molecular flexibility index (Phi) is 2.75. The third kappa shape index (κ3) is 2.34. The van der Waals surface area contributed by atoms with Crippen LogP contribution in [0.5, 0.6) is 11.5 Å². The van der Waals surface area contributed by atoms with Crippen molar-refractivity contribution in [3.05, 3.63) is 47.9 Å². The maximum absolute atomic E-state index is 13.0. The molecule has 3 aromatic rings. The zero-order valence-corrected chi connectivity index (χ0v) is 11.3. The maximum atomic E-state index is 13.0. The number of fused-ring (bicyclic) bond motifs is 2. The van der Waals surface area contributed by atoms with Crippen LogP contribution in [0.15, 0.2) is 36.8 Å². The van der Waals surface area contributed by atoms with Gasteiger partial charge in [0.15, 0.2) is 17.1 Å². The van der Waals surface area contributed by atoms with E-state index in [1.165, 1.54) is 6.07 Å². The van der Waals surface area contributed by atoms with Crippen molar-refractivity contribution in [1.29, 1.82) is 0 Å². The molecule has 0 atom stereocenters. The minimum Gasteiger partial charge on any atom is -0.395 e. The van der Waals surface area contributed by atoms with Crippen LogP contribution in [-0.4, -0.2) is 21.2 Å². The van der Waals surface area contributed by atoms with Crippen LogP contribution in [0.2, 0.25) is 0 Å². The van der Waals surface area contributed by atoms with Crippen molar-refractivity contribution < 1.29 is 18.3 Å². The monoisotopic (exact) mass is 303 g/mol. The Morgan fingerprint density at radius 1 is 1.00 bits per heavy atom. The van der Waals surface area contributed by atoms with Gasteiger partial charge in [-0.05, 0) is 42.2 Å². The fourth-order valence-corrected chi connectivity index (χ4v) is 2.45. The summed E-state index contributed by atoms with van der Waals surface area (Å²) in [5.41, 5.74) is 3.49. The van der Waals surface area contributed by atoms with Gasteiger partial charge in [-0.15, -0.1) is 8.78 Å². The van der Waals surface area contributed by atoms with Crippen LogP contribution in [0.25, 0.3) is 11.2 Å². The SMILES string of the molecule is FC1(F)Oc2ccc(CCc3cnc4nc[nH]c4c3)cc2O1. The molecule has 1 N–H and O–H groups in total. The summed E-state index contributed by atoms with van der Waals surface area (Å²) in [5.74, 6) is 0.138. The lowest BCUT2D eigenvalue weighted by atomic mass is 10.1. The summed E-state index contributed by atoms with van der Waals surface area (Å²) in [5, 5.41) is 0. The molecule has 1 aliphatic heterocycles. The molecule has 3 heterocycles. The summed E-state index contributed by atoms with van der Waals surface area (Å²) in [6.45, 7) is 0. The summed E-state index contributed by atoms with van der Waals surface area (Å²) in [7, 11) is 0. The maximum Gasteiger partial charge on any atom is 0.586 e. The molecule has 0 radical (unpaired) electrons. The van der Waals surface area contributed by atoms with Gasteiger partial charge < -0.3 is 14.5 Å². The van der Waals surface area contributed by atoms with E-state index in [0.29, 0.717) is 12.1 Å². The van der Waals surface area contributed by atoms with Gasteiger partial charge in [0.1, 0.15) is 0 Å². The molecule has 0 fully saturated rings. The molecule has 22 heavy (non-hydrogen) atoms. The van der Waals surface area contributed by atoms with Gasteiger partial charge >= 0.3 is 6.29 Å². The minimum atomic E-state index is -3.57. The van der Waals surface area contributed by atoms with Crippen LogP contribution < -0.4 is 9.47 Å². The summed E-state index contributed by atoms with van der Waals surface area (Å²) in [6, 6.07) is 6.82. The standard InChI is InChI=1S/C15H11F2N3O2/c16-15(17)21-12-4-3-9(6-13(12)22-15)1-2-10-5-11-14(18-7-10)20-8-19-11/h3-8H,1-2H2,(H,18,19,20). The number of nitrogens with zero attached hydrogens (tertiary/aromatic N) is 2. The summed E-state index contributed by atoms with van der Waals surface area (Å²) < 4.78 is 34.8. The van der Waals surface area contributed by atoms with Crippen molar-refractivity contribution in [2.45, 2.75) is 19.1 Å². The molecule has 0 unspecified atom stereocenters. The second-order valence-corrected chi connectivity index (χ2v) is 5.07. The second kappa shape index (κ2) is 4.66. The van der Waals surface area contributed by atoms with Gasteiger partial charge in [-0.1, -0.05) is 6.07 Å². The Morgan fingerprint density at radius 3 is 2.73 bits per heavy atom. The van der Waals surface area contributed by atoms with E-state index in [9.17, 15) is 8.78 Å². The average Bonchev–Trinajstić information content (AvgIpc) is 3.05. The zero-order chi connectivity index (χ0) is 15.2. The highest BCUT2D eigenvalue weighted by atomic mass is 19.3. The third-order valence-electron chi connectivity index (χ3n) is 3.50. The molecule has 2 aromatic heterocycles. The number of rotatable bonds is 3. The molecule has 1 aromatic carbocycles. The smallest absolute Gasteiger partial charge is 0.395 e. The second-order valence-electron chi connectivity index (χ2n) is 5.07. The van der Waals surface area contributed by atoms with Crippen molar-refractivity contribution in [3.8, 4) is 11.5 Å². The number of pyridine rings is 1. The Balaban J connectivity index is 1.50. The van der Waals surface area contributed by atoms with E-state index in [1.54, 1.807) is 24.7 Å². The molecule has 7 heteroatoms. The number of alkyl halides is 2. The molecule has 0 saturated carbocycles. The normalized spacial score (nSPS) is 15.4. The van der Waals surface area contributed by atoms with Crippen molar-refractivity contribution in [1.82, 2.24) is 15.0 Å². The highest BCUT2D eigenvalue weighted by Crippen LogP contribution is 2.41. The molecule has 0 aliphatic carbocycles. The van der Waals surface area contributed by atoms with Gasteiger partial charge in [0.25, 0.3) is 0 Å². The Bertz CT molecular complexity index is 848. The number of hydrogen-bond donors (Lipinski definition) is 1. The predicted molar refractivity (Wildman–Crippen MR) is 73.9 cm³/mol. The summed E-state index contributed by atoms with van der Waals surface area (Å²) in [6.07, 6.45) is 1.21. The number of ether oxygens (including phenoxy) is 2. The fraction of sp³-hybridized carbons (Fsp3) is 0.200. The van der Waals surface area contributed by atoms with Gasteiger partial charge in [-0.3, -0.25) is 0 Å². The van der Waals surface area contributed by atoms with Crippen molar-refractivity contribution in [3.63, 3.8) is 0 Å². The Labute approximate surface area is 123 Å². The number of imidazole rings is 1. The first-order chi connectivity index (χ1) is 10.6. The first kappa shape index (κ1) is 13.0. The quantitative estimate of drug-likeness (QED) is 0.808. The van der Waals surface area contributed by atoms with Crippen LogP contribution in [0.3, 0.4) is 0 Å². The van der Waals surface area contributed by atoms with Gasteiger partial charge in [-0.2, -0.15) is 0 Å². The number of nitrogens with one attached hydrogen (secondary N) is 1. The lowest BCUT2D eigenvalue weighted by Crippen LogP contribution is -2.25. The Hall–Kier alpha value is -2.70. The number of aromatic amines is 1. The zero-order valence-electron chi connectivity index (χ0n) is 11.3. The van der Waals surface area contributed by atoms with Crippen molar-refractivity contribution in [2.24, 2.45) is 0 Å². The van der Waals surface area contributed by atoms with Crippen molar-refractivity contribution >= 4 is 11.2 Å². The topological polar surface area (TPSA) is 60.0 Å². The molecule has 4 rings (SSSR count). The molecule has 0 saturated heterocycles. The number of H-pyrrole nitrogens is 1. The van der Waals surface area contributed by atoms with Crippen LogP contribution >= 0.6 is 0 Å². The van der Waals surface area contributed by atoms with E-state index in [4.69, 9.17) is 0 Å². The highest BCUT2D eigenvalue weighted by Gasteiger charge is 2.43. The highest BCUT2D eigenvalue weighted by molar-refractivity contribution is 5.70. The molecule has 0 spiro atoms. The summed E-state index contributed by atoms with van der Waals surface area (Å²) >= 11 is 0. The van der Waals surface area contributed by atoms with Gasteiger partial charge in [-0.25, -0.2) is 9.97 Å². The summed E-state index contributed by atoms with van der Waals surface area (Å²) in [4.78, 5) is 11.3. The van der Waals surface area contributed by atoms with E-state index < -0.39 is 6.29 Å². The molecule has 1 aliphatic rings. The minimum absolute atomic E-state index is 0.0642. The largest absolute Gasteiger partial charge is 0.586 e. The average molecular weight is 303 g/mol. The number of benzene rings is 1. The Morgan fingerprint density at radius 2 is 1.82 bits per heavy atom. The number of halogens is 2. The fourth-order valence-electron chi connectivity index (χ4n) is 2.45. The van der Waals surface area contributed by atoms with E-state index in [2.05, 4.69) is 24.4 Å². The van der Waals surface area contributed by atoms with E-state index in [-0.39, 0.29) is 11.5 Å². The molecule has 112 valence electrons. The van der Waals surface area contributed by atoms with Crippen LogP contribution in [0, 0.1) is 0 Å². The van der Waals surface area contributed by atoms with Gasteiger partial charge in [0.05, 0.1) is 11.8 Å². The van der Waals surface area contributed by atoms with E-state index in [1.807, 2.05) is 6.07 Å². The van der Waals surface area contributed by atoms with Gasteiger partial charge in [0, 0.05) is 6.20 Å². The van der Waals surface area contributed by atoms with Crippen molar-refractivity contribution in [2.75, 3.05) is 0 Å². The third-order valence-corrected chi connectivity index (χ3v) is 3.50. The lowest BCUT2D eigenvalue weighted by molar-refractivity contribution is -0.286. The van der Waals surface area contributed by atoms with Crippen LogP contribution in [0.4, 0.5) is 8.78 Å². The predicted octanol–water partition coefficient (Wildman–Crippen LogP) is 3.06. The lowest BCUT2D eigenvalue weighted by Gasteiger charge is -2.04. The van der Waals surface area contributed by atoms with Crippen LogP contribution in [-0.2, 0) is 12.8 Å². The molecule has 0 amide bonds. The molecule has 0 bridgehead atoms. The first-order valence-electron chi connectivity index (χ1n) is 6.76. The molecular formula is C15H11F2N3O2. The van der Waals surface area contributed by atoms with E-state index >= 15 is 0 Å². The molecule has 5 nitrogen and oxygen atoms in total.